The molecule has 0 unspecified atom stereocenters. The quantitative estimate of drug-likeness (QED) is 0.594. The van der Waals surface area contributed by atoms with Crippen LogP contribution in [0, 0.1) is 0 Å². The van der Waals surface area contributed by atoms with Crippen LogP contribution >= 0.6 is 0 Å². The molecule has 0 aromatic carbocycles. The van der Waals surface area contributed by atoms with Gasteiger partial charge < -0.3 is 9.15 Å². The Labute approximate surface area is 99.2 Å². The van der Waals surface area contributed by atoms with E-state index in [-0.39, 0.29) is 5.91 Å². The maximum absolute atomic E-state index is 11.5. The van der Waals surface area contributed by atoms with Crippen LogP contribution in [0.4, 0.5) is 0 Å². The first-order valence-electron chi connectivity index (χ1n) is 5.50. The Balaban J connectivity index is 1.70. The first kappa shape index (κ1) is 11.8. The molecule has 6 heteroatoms. The Morgan fingerprint density at radius 1 is 1.53 bits per heavy atom. The lowest BCUT2D eigenvalue weighted by molar-refractivity contribution is -0.123. The Kier molecular flexibility index (Phi) is 4.29. The molecule has 17 heavy (non-hydrogen) atoms. The van der Waals surface area contributed by atoms with Gasteiger partial charge in [0.2, 0.25) is 0 Å². The molecule has 0 bridgehead atoms. The molecule has 1 aromatic rings. The molecular weight excluding hydrogens is 222 g/mol. The van der Waals surface area contributed by atoms with Crippen molar-refractivity contribution in [2.24, 2.45) is 5.10 Å². The van der Waals surface area contributed by atoms with Gasteiger partial charge in [-0.1, -0.05) is 0 Å². The van der Waals surface area contributed by atoms with E-state index in [4.69, 9.17) is 9.15 Å². The van der Waals surface area contributed by atoms with Crippen LogP contribution in [0.15, 0.2) is 27.9 Å². The molecule has 6 nitrogen and oxygen atoms in total. The van der Waals surface area contributed by atoms with Crippen LogP contribution in [0.1, 0.15) is 5.76 Å². The third kappa shape index (κ3) is 4.01. The number of carbonyl (C=O) groups excluding carboxylic acids is 1. The summed E-state index contributed by atoms with van der Waals surface area (Å²) in [6.45, 7) is 3.29. The summed E-state index contributed by atoms with van der Waals surface area (Å²) in [4.78, 5) is 13.5. The molecule has 1 amide bonds. The summed E-state index contributed by atoms with van der Waals surface area (Å²) < 4.78 is 10.2. The van der Waals surface area contributed by atoms with Crippen LogP contribution in [-0.2, 0) is 9.53 Å². The summed E-state index contributed by atoms with van der Waals surface area (Å²) >= 11 is 0. The van der Waals surface area contributed by atoms with E-state index in [0.29, 0.717) is 25.5 Å². The molecule has 1 aliphatic rings. The second-order valence-electron chi connectivity index (χ2n) is 3.70. The first-order valence-corrected chi connectivity index (χ1v) is 5.50. The summed E-state index contributed by atoms with van der Waals surface area (Å²) in [6.07, 6.45) is 3.02. The standard InChI is InChI=1S/C11H15N3O3/c15-11(9-14-3-6-16-7-4-14)13-12-8-10-2-1-5-17-10/h1-2,5,8H,3-4,6-7,9H2,(H,13,15)/b12-8-. The smallest absolute Gasteiger partial charge is 0.254 e. The molecule has 92 valence electrons. The van der Waals surface area contributed by atoms with Gasteiger partial charge in [0.05, 0.1) is 32.2 Å². The minimum atomic E-state index is -0.130. The Hall–Kier alpha value is -1.66. The van der Waals surface area contributed by atoms with Crippen molar-refractivity contribution in [2.45, 2.75) is 0 Å². The summed E-state index contributed by atoms with van der Waals surface area (Å²) in [5, 5.41) is 3.80. The van der Waals surface area contributed by atoms with Crippen molar-refractivity contribution in [3.8, 4) is 0 Å². The number of morpholine rings is 1. The van der Waals surface area contributed by atoms with Crippen molar-refractivity contribution >= 4 is 12.1 Å². The molecular formula is C11H15N3O3. The normalized spacial score (nSPS) is 17.4. The Morgan fingerprint density at radius 2 is 2.35 bits per heavy atom. The highest BCUT2D eigenvalue weighted by atomic mass is 16.5. The van der Waals surface area contributed by atoms with Crippen molar-refractivity contribution in [3.63, 3.8) is 0 Å². The van der Waals surface area contributed by atoms with Gasteiger partial charge in [0.1, 0.15) is 5.76 Å². The molecule has 0 atom stereocenters. The second-order valence-corrected chi connectivity index (χ2v) is 3.70. The lowest BCUT2D eigenvalue weighted by atomic mass is 10.4. The number of nitrogens with zero attached hydrogens (tertiary/aromatic N) is 2. The van der Waals surface area contributed by atoms with Crippen LogP contribution in [0.2, 0.25) is 0 Å². The fourth-order valence-electron chi connectivity index (χ4n) is 1.53. The number of furan rings is 1. The molecule has 0 aliphatic carbocycles. The minimum absolute atomic E-state index is 0.130. The first-order chi connectivity index (χ1) is 8.34. The number of hydrazone groups is 1. The van der Waals surface area contributed by atoms with Gasteiger partial charge in [-0.15, -0.1) is 0 Å². The summed E-state index contributed by atoms with van der Waals surface area (Å²) in [5.41, 5.74) is 2.46. The lowest BCUT2D eigenvalue weighted by Gasteiger charge is -2.25. The number of hydrogen-bond donors (Lipinski definition) is 1. The van der Waals surface area contributed by atoms with Gasteiger partial charge in [0.15, 0.2) is 0 Å². The van der Waals surface area contributed by atoms with Crippen LogP contribution in [0.5, 0.6) is 0 Å². The summed E-state index contributed by atoms with van der Waals surface area (Å²) in [6, 6.07) is 3.52. The molecule has 0 spiro atoms. The number of ether oxygens (including phenoxy) is 1. The van der Waals surface area contributed by atoms with E-state index in [1.54, 1.807) is 18.4 Å². The molecule has 1 aliphatic heterocycles. The predicted molar refractivity (Wildman–Crippen MR) is 61.7 cm³/mol. The van der Waals surface area contributed by atoms with Crippen molar-refractivity contribution in [2.75, 3.05) is 32.8 Å². The van der Waals surface area contributed by atoms with Gasteiger partial charge >= 0.3 is 0 Å². The van der Waals surface area contributed by atoms with Gasteiger partial charge in [-0.25, -0.2) is 5.43 Å². The highest BCUT2D eigenvalue weighted by molar-refractivity contribution is 5.81. The van der Waals surface area contributed by atoms with E-state index in [0.717, 1.165) is 13.1 Å². The molecule has 1 aromatic heterocycles. The van der Waals surface area contributed by atoms with E-state index < -0.39 is 0 Å². The number of hydrogen-bond acceptors (Lipinski definition) is 5. The molecule has 1 saturated heterocycles. The summed E-state index contributed by atoms with van der Waals surface area (Å²) in [5.74, 6) is 0.478. The van der Waals surface area contributed by atoms with Crippen LogP contribution in [0.25, 0.3) is 0 Å². The summed E-state index contributed by atoms with van der Waals surface area (Å²) in [7, 11) is 0. The number of amides is 1. The van der Waals surface area contributed by atoms with Gasteiger partial charge in [0, 0.05) is 13.1 Å². The minimum Gasteiger partial charge on any atom is -0.463 e. The zero-order valence-electron chi connectivity index (χ0n) is 9.46. The van der Waals surface area contributed by atoms with Crippen LogP contribution in [-0.4, -0.2) is 49.9 Å². The van der Waals surface area contributed by atoms with Crippen molar-refractivity contribution in [3.05, 3.63) is 24.2 Å². The average Bonchev–Trinajstić information content (AvgIpc) is 2.83. The molecule has 1 N–H and O–H groups in total. The third-order valence-corrected chi connectivity index (χ3v) is 2.40. The maximum atomic E-state index is 11.5. The Bertz CT molecular complexity index is 369. The zero-order valence-corrected chi connectivity index (χ0v) is 9.46. The number of carbonyl (C=O) groups is 1. The van der Waals surface area contributed by atoms with Gasteiger partial charge in [-0.05, 0) is 12.1 Å². The van der Waals surface area contributed by atoms with Gasteiger partial charge in [0.25, 0.3) is 5.91 Å². The van der Waals surface area contributed by atoms with Gasteiger partial charge in [-0.3, -0.25) is 9.69 Å². The topological polar surface area (TPSA) is 67.1 Å². The molecule has 0 radical (unpaired) electrons. The van der Waals surface area contributed by atoms with E-state index >= 15 is 0 Å². The van der Waals surface area contributed by atoms with Crippen LogP contribution < -0.4 is 5.43 Å². The Morgan fingerprint density at radius 3 is 3.06 bits per heavy atom. The van der Waals surface area contributed by atoms with Crippen LogP contribution in [0.3, 0.4) is 0 Å². The average molecular weight is 237 g/mol. The largest absolute Gasteiger partial charge is 0.463 e. The second kappa shape index (κ2) is 6.17. The monoisotopic (exact) mass is 237 g/mol. The highest BCUT2D eigenvalue weighted by Gasteiger charge is 2.13. The molecule has 1 fully saturated rings. The fraction of sp³-hybridized carbons (Fsp3) is 0.455. The molecule has 2 rings (SSSR count). The van der Waals surface area contributed by atoms with E-state index in [1.807, 2.05) is 4.90 Å². The maximum Gasteiger partial charge on any atom is 0.254 e. The van der Waals surface area contributed by atoms with Crippen molar-refractivity contribution < 1.29 is 13.9 Å². The van der Waals surface area contributed by atoms with Gasteiger partial charge in [-0.2, -0.15) is 5.10 Å². The zero-order chi connectivity index (χ0) is 11.9. The van der Waals surface area contributed by atoms with E-state index in [2.05, 4.69) is 10.5 Å². The van der Waals surface area contributed by atoms with Crippen molar-refractivity contribution in [1.82, 2.24) is 10.3 Å². The van der Waals surface area contributed by atoms with E-state index in [1.165, 1.54) is 6.21 Å². The highest BCUT2D eigenvalue weighted by Crippen LogP contribution is 1.96. The lowest BCUT2D eigenvalue weighted by Crippen LogP contribution is -2.42. The number of nitrogens with one attached hydrogen (secondary N) is 1. The van der Waals surface area contributed by atoms with Crippen molar-refractivity contribution in [1.29, 1.82) is 0 Å². The predicted octanol–water partition coefficient (Wildman–Crippen LogP) is 0.0619. The molecule has 0 saturated carbocycles. The van der Waals surface area contributed by atoms with E-state index in [9.17, 15) is 4.79 Å². The third-order valence-electron chi connectivity index (χ3n) is 2.40. The SMILES string of the molecule is O=C(CN1CCOCC1)N/N=C\c1ccco1. The molecule has 2 heterocycles. The number of rotatable bonds is 4. The fourth-order valence-corrected chi connectivity index (χ4v) is 1.53.